The van der Waals surface area contributed by atoms with E-state index in [2.05, 4.69) is 0 Å². The first-order valence-electron chi connectivity index (χ1n) is 12.6. The lowest BCUT2D eigenvalue weighted by molar-refractivity contribution is -0.288. The molecule has 0 spiro atoms. The van der Waals surface area contributed by atoms with Crippen molar-refractivity contribution in [2.75, 3.05) is 6.61 Å². The fraction of sp³-hybridized carbons (Fsp3) is 0.345. The number of ether oxygens (including phenoxy) is 6. The van der Waals surface area contributed by atoms with Crippen molar-refractivity contribution in [3.8, 4) is 16.9 Å². The molecular weight excluding hydrogens is 540 g/mol. The first-order chi connectivity index (χ1) is 19.5. The maximum absolute atomic E-state index is 12.4. The van der Waals surface area contributed by atoms with Crippen molar-refractivity contribution in [2.45, 2.75) is 58.4 Å². The Kier molecular flexibility index (Phi) is 9.03. The molecule has 41 heavy (non-hydrogen) atoms. The quantitative estimate of drug-likeness (QED) is 0.223. The predicted octanol–water partition coefficient (Wildman–Crippen LogP) is 2.92. The third-order valence-corrected chi connectivity index (χ3v) is 6.00. The molecule has 0 amide bonds. The highest BCUT2D eigenvalue weighted by atomic mass is 16.7. The van der Waals surface area contributed by atoms with E-state index in [1.165, 1.54) is 19.1 Å². The molecule has 5 unspecified atom stereocenters. The average molecular weight is 569 g/mol. The summed E-state index contributed by atoms with van der Waals surface area (Å²) in [4.78, 5) is 59.9. The van der Waals surface area contributed by atoms with Crippen LogP contribution in [0.3, 0.4) is 0 Å². The third kappa shape index (κ3) is 7.28. The normalized spacial score (nSPS) is 21.9. The molecule has 5 atom stereocenters. The highest BCUT2D eigenvalue weighted by Gasteiger charge is 2.53. The van der Waals surface area contributed by atoms with Gasteiger partial charge in [-0.3, -0.25) is 19.2 Å². The van der Waals surface area contributed by atoms with Crippen molar-refractivity contribution in [2.24, 2.45) is 0 Å². The van der Waals surface area contributed by atoms with E-state index in [-0.39, 0.29) is 11.3 Å². The monoisotopic (exact) mass is 568 g/mol. The van der Waals surface area contributed by atoms with Gasteiger partial charge in [0.15, 0.2) is 12.2 Å². The van der Waals surface area contributed by atoms with Crippen LogP contribution in [0.4, 0.5) is 0 Å². The van der Waals surface area contributed by atoms with E-state index >= 15 is 0 Å². The number of fused-ring (bicyclic) bond motifs is 1. The predicted molar refractivity (Wildman–Crippen MR) is 141 cm³/mol. The molecule has 4 rings (SSSR count). The van der Waals surface area contributed by atoms with Crippen LogP contribution in [0.15, 0.2) is 63.8 Å². The summed E-state index contributed by atoms with van der Waals surface area (Å²) in [5, 5.41) is 0.629. The molecule has 0 N–H and O–H groups in total. The summed E-state index contributed by atoms with van der Waals surface area (Å²) in [6, 6.07) is 15.4. The van der Waals surface area contributed by atoms with Gasteiger partial charge in [0.1, 0.15) is 24.0 Å². The van der Waals surface area contributed by atoms with Gasteiger partial charge >= 0.3 is 29.5 Å². The molecule has 1 aromatic heterocycles. The maximum atomic E-state index is 12.4. The van der Waals surface area contributed by atoms with Crippen molar-refractivity contribution in [3.63, 3.8) is 0 Å². The minimum Gasteiger partial charge on any atom is -0.463 e. The number of esters is 4. The molecular formula is C29H28O12. The topological polar surface area (TPSA) is 154 Å². The van der Waals surface area contributed by atoms with Gasteiger partial charge in [0.25, 0.3) is 0 Å². The zero-order valence-corrected chi connectivity index (χ0v) is 22.7. The minimum absolute atomic E-state index is 0.145. The Morgan fingerprint density at radius 2 is 1.39 bits per heavy atom. The Hall–Kier alpha value is -4.71. The fourth-order valence-electron chi connectivity index (χ4n) is 4.49. The summed E-state index contributed by atoms with van der Waals surface area (Å²) >= 11 is 0. The van der Waals surface area contributed by atoms with Crippen LogP contribution in [-0.4, -0.2) is 61.2 Å². The van der Waals surface area contributed by atoms with Gasteiger partial charge in [-0.25, -0.2) is 4.79 Å². The van der Waals surface area contributed by atoms with Gasteiger partial charge in [0, 0.05) is 45.2 Å². The summed E-state index contributed by atoms with van der Waals surface area (Å²) in [5.41, 5.74) is 1.08. The molecule has 1 aliphatic heterocycles. The standard InChI is InChI=1S/C29H28O12/c1-15(30)35-14-24-26(36-16(2)31)27(37-17(3)32)28(38-18(4)33)29(41-24)39-20-10-11-21-22(19-8-6-5-7-9-19)13-25(34)40-23(21)12-20/h5-13,24,26-29H,14H2,1-4H3. The molecule has 0 aliphatic carbocycles. The molecule has 1 aliphatic rings. The zero-order valence-electron chi connectivity index (χ0n) is 22.7. The number of hydrogen-bond acceptors (Lipinski definition) is 12. The SMILES string of the molecule is CC(=O)OCC1OC(Oc2ccc3c(-c4ccccc4)cc(=O)oc3c2)C(OC(C)=O)C(OC(C)=O)C1OC(C)=O. The molecule has 0 radical (unpaired) electrons. The van der Waals surface area contributed by atoms with E-state index in [0.717, 1.165) is 26.3 Å². The van der Waals surface area contributed by atoms with E-state index in [9.17, 15) is 24.0 Å². The van der Waals surface area contributed by atoms with Crippen molar-refractivity contribution in [1.29, 1.82) is 0 Å². The summed E-state index contributed by atoms with van der Waals surface area (Å²) in [6.07, 6.45) is -6.72. The van der Waals surface area contributed by atoms with Crippen LogP contribution in [-0.2, 0) is 42.9 Å². The van der Waals surface area contributed by atoms with Crippen molar-refractivity contribution >= 4 is 34.8 Å². The van der Waals surface area contributed by atoms with Crippen LogP contribution in [0.2, 0.25) is 0 Å². The maximum Gasteiger partial charge on any atom is 0.336 e. The molecule has 3 aromatic rings. The van der Waals surface area contributed by atoms with E-state index in [1.54, 1.807) is 12.1 Å². The largest absolute Gasteiger partial charge is 0.463 e. The molecule has 0 saturated carbocycles. The minimum atomic E-state index is -1.43. The van der Waals surface area contributed by atoms with E-state index < -0.39 is 66.8 Å². The van der Waals surface area contributed by atoms with Gasteiger partial charge in [-0.05, 0) is 23.3 Å². The second-order valence-corrected chi connectivity index (χ2v) is 9.19. The van der Waals surface area contributed by atoms with Gasteiger partial charge < -0.3 is 32.8 Å². The van der Waals surface area contributed by atoms with Crippen LogP contribution >= 0.6 is 0 Å². The van der Waals surface area contributed by atoms with Gasteiger partial charge in [-0.2, -0.15) is 0 Å². The van der Waals surface area contributed by atoms with Crippen LogP contribution in [0.5, 0.6) is 5.75 Å². The number of hydrogen-bond donors (Lipinski definition) is 0. The molecule has 2 heterocycles. The second-order valence-electron chi connectivity index (χ2n) is 9.19. The van der Waals surface area contributed by atoms with Gasteiger partial charge in [0.2, 0.25) is 12.4 Å². The van der Waals surface area contributed by atoms with Crippen LogP contribution in [0.1, 0.15) is 27.7 Å². The van der Waals surface area contributed by atoms with Gasteiger partial charge in [-0.1, -0.05) is 30.3 Å². The van der Waals surface area contributed by atoms with Crippen molar-refractivity contribution in [3.05, 3.63) is 65.0 Å². The van der Waals surface area contributed by atoms with Crippen LogP contribution in [0.25, 0.3) is 22.1 Å². The molecule has 216 valence electrons. The first kappa shape index (κ1) is 29.3. The number of carbonyl (C=O) groups excluding carboxylic acids is 4. The summed E-state index contributed by atoms with van der Waals surface area (Å²) in [5.74, 6) is -2.77. The smallest absolute Gasteiger partial charge is 0.336 e. The third-order valence-electron chi connectivity index (χ3n) is 6.00. The lowest BCUT2D eigenvalue weighted by atomic mass is 9.98. The fourth-order valence-corrected chi connectivity index (χ4v) is 4.49. The highest BCUT2D eigenvalue weighted by Crippen LogP contribution is 2.33. The molecule has 12 heteroatoms. The summed E-state index contributed by atoms with van der Waals surface area (Å²) in [6.45, 7) is 4.16. The molecule has 0 bridgehead atoms. The van der Waals surface area contributed by atoms with Crippen LogP contribution < -0.4 is 10.4 Å². The zero-order chi connectivity index (χ0) is 29.7. The molecule has 1 saturated heterocycles. The highest BCUT2D eigenvalue weighted by molar-refractivity contribution is 5.93. The summed E-state index contributed by atoms with van der Waals surface area (Å²) < 4.78 is 38.7. The van der Waals surface area contributed by atoms with E-state index in [0.29, 0.717) is 10.9 Å². The number of carbonyl (C=O) groups is 4. The Labute approximate surface area is 234 Å². The summed E-state index contributed by atoms with van der Waals surface area (Å²) in [7, 11) is 0. The Morgan fingerprint density at radius 1 is 0.756 bits per heavy atom. The Balaban J connectivity index is 1.74. The van der Waals surface area contributed by atoms with Crippen LogP contribution in [0, 0.1) is 0 Å². The van der Waals surface area contributed by atoms with Gasteiger partial charge in [-0.15, -0.1) is 0 Å². The number of rotatable bonds is 8. The lowest BCUT2D eigenvalue weighted by Crippen LogP contribution is -2.63. The average Bonchev–Trinajstić information content (AvgIpc) is 2.90. The molecule has 12 nitrogen and oxygen atoms in total. The molecule has 2 aromatic carbocycles. The lowest BCUT2D eigenvalue weighted by Gasteiger charge is -2.43. The van der Waals surface area contributed by atoms with Crippen molar-refractivity contribution < 1.29 is 52.0 Å². The van der Waals surface area contributed by atoms with Gasteiger partial charge in [0.05, 0.1) is 0 Å². The van der Waals surface area contributed by atoms with E-state index in [4.69, 9.17) is 32.8 Å². The van der Waals surface area contributed by atoms with Crippen molar-refractivity contribution in [1.82, 2.24) is 0 Å². The first-order valence-corrected chi connectivity index (χ1v) is 12.6. The second kappa shape index (κ2) is 12.6. The Morgan fingerprint density at radius 3 is 2.02 bits per heavy atom. The Bertz CT molecular complexity index is 1490. The molecule has 1 fully saturated rings. The van der Waals surface area contributed by atoms with E-state index in [1.807, 2.05) is 30.3 Å². The number of benzene rings is 2.